The van der Waals surface area contributed by atoms with E-state index >= 15 is 0 Å². The van der Waals surface area contributed by atoms with E-state index in [1.807, 2.05) is 24.3 Å². The fourth-order valence-corrected chi connectivity index (χ4v) is 5.95. The largest absolute Gasteiger partial charge is 0.381 e. The fraction of sp³-hybridized carbons (Fsp3) is 0.800. The molecule has 1 amide bonds. The Morgan fingerprint density at radius 2 is 2.00 bits per heavy atom. The Morgan fingerprint density at radius 1 is 1.19 bits per heavy atom. The second-order valence-electron chi connectivity index (χ2n) is 8.80. The number of carbonyl (C=O) groups excluding carboxylic acids is 1. The first-order chi connectivity index (χ1) is 12.7. The number of carbonyl (C=O) groups is 1. The molecule has 1 aromatic rings. The molecule has 3 saturated heterocycles. The zero-order valence-corrected chi connectivity index (χ0v) is 15.8. The third kappa shape index (κ3) is 2.53. The van der Waals surface area contributed by atoms with Crippen molar-refractivity contribution in [3.63, 3.8) is 0 Å². The van der Waals surface area contributed by atoms with Crippen LogP contribution in [-0.4, -0.2) is 59.0 Å². The van der Waals surface area contributed by atoms with E-state index < -0.39 is 0 Å². The Kier molecular flexibility index (Phi) is 4.09. The van der Waals surface area contributed by atoms with Crippen LogP contribution in [0.25, 0.3) is 0 Å². The van der Waals surface area contributed by atoms with Gasteiger partial charge in [-0.1, -0.05) is 6.42 Å². The van der Waals surface area contributed by atoms with Gasteiger partial charge >= 0.3 is 0 Å². The Labute approximate surface area is 155 Å². The summed E-state index contributed by atoms with van der Waals surface area (Å²) >= 11 is 0. The molecule has 4 aliphatic rings. The molecule has 3 aliphatic heterocycles. The van der Waals surface area contributed by atoms with Crippen molar-refractivity contribution < 1.29 is 9.53 Å². The zero-order chi connectivity index (χ0) is 17.7. The second kappa shape index (κ2) is 6.34. The normalized spacial score (nSPS) is 32.5. The van der Waals surface area contributed by atoms with Gasteiger partial charge in [0.15, 0.2) is 0 Å². The predicted octanol–water partition coefficient (Wildman–Crippen LogP) is 2.20. The van der Waals surface area contributed by atoms with Crippen molar-refractivity contribution in [1.29, 1.82) is 0 Å². The van der Waals surface area contributed by atoms with Gasteiger partial charge < -0.3 is 9.64 Å². The number of ether oxygens (including phenoxy) is 1. The summed E-state index contributed by atoms with van der Waals surface area (Å²) in [6.07, 6.45) is 12.3. The highest BCUT2D eigenvalue weighted by atomic mass is 16.5. The van der Waals surface area contributed by atoms with Crippen molar-refractivity contribution in [1.82, 2.24) is 14.7 Å². The van der Waals surface area contributed by atoms with Crippen molar-refractivity contribution in [2.24, 2.45) is 18.4 Å². The minimum absolute atomic E-state index is 0.0584. The van der Waals surface area contributed by atoms with E-state index in [4.69, 9.17) is 4.74 Å². The molecule has 26 heavy (non-hydrogen) atoms. The lowest BCUT2D eigenvalue weighted by molar-refractivity contribution is -0.185. The van der Waals surface area contributed by atoms with E-state index in [-0.39, 0.29) is 11.9 Å². The first kappa shape index (κ1) is 16.8. The van der Waals surface area contributed by atoms with Crippen LogP contribution in [0.15, 0.2) is 12.4 Å². The average Bonchev–Trinajstić information content (AvgIpc) is 3.01. The van der Waals surface area contributed by atoms with Crippen LogP contribution in [0.2, 0.25) is 0 Å². The van der Waals surface area contributed by atoms with Crippen molar-refractivity contribution in [3.05, 3.63) is 12.4 Å². The van der Waals surface area contributed by atoms with E-state index in [1.165, 1.54) is 19.3 Å². The van der Waals surface area contributed by atoms with Crippen LogP contribution >= 0.6 is 0 Å². The number of piperidine rings is 1. The number of hydrogen-bond acceptors (Lipinski definition) is 4. The molecule has 0 radical (unpaired) electrons. The topological polar surface area (TPSA) is 50.6 Å². The number of anilines is 1. The maximum atomic E-state index is 13.3. The third-order valence-electron chi connectivity index (χ3n) is 7.36. The Hall–Kier alpha value is -1.40. The number of nitrogens with zero attached hydrogens (tertiary/aromatic N) is 4. The summed E-state index contributed by atoms with van der Waals surface area (Å²) in [4.78, 5) is 17.9. The van der Waals surface area contributed by atoms with Gasteiger partial charge in [-0.15, -0.1) is 0 Å². The molecule has 0 aromatic carbocycles. The molecule has 4 fully saturated rings. The van der Waals surface area contributed by atoms with E-state index in [2.05, 4.69) is 10.00 Å². The summed E-state index contributed by atoms with van der Waals surface area (Å²) in [5, 5.41) is 4.26. The molecular weight excluding hydrogens is 328 g/mol. The van der Waals surface area contributed by atoms with Gasteiger partial charge in [-0.3, -0.25) is 14.4 Å². The number of hydrogen-bond donors (Lipinski definition) is 0. The average molecular weight is 358 g/mol. The van der Waals surface area contributed by atoms with Crippen LogP contribution in [0.3, 0.4) is 0 Å². The van der Waals surface area contributed by atoms with Crippen LogP contribution in [0.1, 0.15) is 44.9 Å². The molecule has 2 unspecified atom stereocenters. The maximum Gasteiger partial charge on any atom is 0.244 e. The van der Waals surface area contributed by atoms with E-state index in [1.54, 1.807) is 4.68 Å². The highest BCUT2D eigenvalue weighted by Gasteiger charge is 2.60. The standard InChI is InChI=1S/C20H30N4O2/c1-22-13-16(12-21-22)23-9-2-4-17(19(23)25)24-14-20(7-3-8-20)18(24)15-5-10-26-11-6-15/h12-13,15,17-18H,2-11,14H2,1H3. The van der Waals surface area contributed by atoms with E-state index in [0.29, 0.717) is 17.4 Å². The first-order valence-corrected chi connectivity index (χ1v) is 10.3. The summed E-state index contributed by atoms with van der Waals surface area (Å²) in [5.41, 5.74) is 1.46. The van der Waals surface area contributed by atoms with Crippen molar-refractivity contribution >= 4 is 11.6 Å². The van der Waals surface area contributed by atoms with E-state index in [0.717, 1.165) is 57.7 Å². The minimum Gasteiger partial charge on any atom is -0.381 e. The SMILES string of the molecule is Cn1cc(N2CCCC(N3CC4(CCC4)C3C3CCOCC3)C2=O)cn1. The van der Waals surface area contributed by atoms with Crippen molar-refractivity contribution in [3.8, 4) is 0 Å². The fourth-order valence-electron chi connectivity index (χ4n) is 5.95. The molecule has 6 nitrogen and oxygen atoms in total. The van der Waals surface area contributed by atoms with Crippen LogP contribution in [0.4, 0.5) is 5.69 Å². The molecule has 6 heteroatoms. The molecule has 1 aliphatic carbocycles. The van der Waals surface area contributed by atoms with Gasteiger partial charge in [0.05, 0.1) is 17.9 Å². The molecule has 0 N–H and O–H groups in total. The molecule has 5 rings (SSSR count). The third-order valence-corrected chi connectivity index (χ3v) is 7.36. The number of amides is 1. The number of likely N-dealkylation sites (tertiary alicyclic amines) is 1. The summed E-state index contributed by atoms with van der Waals surface area (Å²) in [5.74, 6) is 0.995. The lowest BCUT2D eigenvalue weighted by Gasteiger charge is -2.67. The lowest BCUT2D eigenvalue weighted by atomic mass is 9.53. The quantitative estimate of drug-likeness (QED) is 0.831. The van der Waals surface area contributed by atoms with Crippen molar-refractivity contribution in [2.75, 3.05) is 31.2 Å². The van der Waals surface area contributed by atoms with Gasteiger partial charge in [0.2, 0.25) is 5.91 Å². The number of rotatable bonds is 3. The predicted molar refractivity (Wildman–Crippen MR) is 98.9 cm³/mol. The molecular formula is C20H30N4O2. The Balaban J connectivity index is 1.36. The lowest BCUT2D eigenvalue weighted by Crippen LogP contribution is -2.74. The van der Waals surface area contributed by atoms with Gasteiger partial charge in [-0.25, -0.2) is 0 Å². The summed E-state index contributed by atoms with van der Waals surface area (Å²) < 4.78 is 7.40. The van der Waals surface area contributed by atoms with Gasteiger partial charge in [0.25, 0.3) is 0 Å². The van der Waals surface area contributed by atoms with Gasteiger partial charge in [-0.2, -0.15) is 5.10 Å². The Bertz CT molecular complexity index is 677. The van der Waals surface area contributed by atoms with Gasteiger partial charge in [0, 0.05) is 45.6 Å². The highest BCUT2D eigenvalue weighted by molar-refractivity contribution is 5.97. The maximum absolute atomic E-state index is 13.3. The van der Waals surface area contributed by atoms with Crippen LogP contribution in [0.5, 0.6) is 0 Å². The monoisotopic (exact) mass is 358 g/mol. The molecule has 1 saturated carbocycles. The molecule has 4 heterocycles. The van der Waals surface area contributed by atoms with E-state index in [9.17, 15) is 4.79 Å². The molecule has 0 bridgehead atoms. The van der Waals surface area contributed by atoms with Crippen LogP contribution in [0, 0.1) is 11.3 Å². The summed E-state index contributed by atoms with van der Waals surface area (Å²) in [7, 11) is 1.91. The van der Waals surface area contributed by atoms with Gasteiger partial charge in [-0.05, 0) is 49.9 Å². The Morgan fingerprint density at radius 3 is 2.65 bits per heavy atom. The second-order valence-corrected chi connectivity index (χ2v) is 8.80. The minimum atomic E-state index is 0.0584. The number of aryl methyl sites for hydroxylation is 1. The molecule has 142 valence electrons. The molecule has 1 spiro atoms. The summed E-state index contributed by atoms with van der Waals surface area (Å²) in [6, 6.07) is 0.658. The van der Waals surface area contributed by atoms with Gasteiger partial charge in [0.1, 0.15) is 0 Å². The molecule has 1 aromatic heterocycles. The zero-order valence-electron chi connectivity index (χ0n) is 15.8. The smallest absolute Gasteiger partial charge is 0.244 e. The van der Waals surface area contributed by atoms with Crippen molar-refractivity contribution in [2.45, 2.75) is 57.0 Å². The summed E-state index contributed by atoms with van der Waals surface area (Å²) in [6.45, 7) is 3.74. The van der Waals surface area contributed by atoms with Crippen LogP contribution in [-0.2, 0) is 16.6 Å². The van der Waals surface area contributed by atoms with Crippen LogP contribution < -0.4 is 4.90 Å². The molecule has 2 atom stereocenters. The highest BCUT2D eigenvalue weighted by Crippen LogP contribution is 2.57. The first-order valence-electron chi connectivity index (χ1n) is 10.3. The number of aromatic nitrogens is 2.